The fraction of sp³-hybridized carbons (Fsp3) is 0.304. The number of fused-ring (bicyclic) bond motifs is 3. The van der Waals surface area contributed by atoms with Gasteiger partial charge in [-0.05, 0) is 36.6 Å². The first-order chi connectivity index (χ1) is 15.6. The minimum atomic E-state index is -4.54. The molecule has 0 fully saturated rings. The van der Waals surface area contributed by atoms with Crippen LogP contribution < -0.4 is 5.43 Å². The van der Waals surface area contributed by atoms with Crippen molar-refractivity contribution in [1.29, 1.82) is 0 Å². The molecule has 0 saturated carbocycles. The van der Waals surface area contributed by atoms with Crippen LogP contribution in [-0.2, 0) is 12.6 Å². The van der Waals surface area contributed by atoms with E-state index in [0.717, 1.165) is 17.0 Å². The summed E-state index contributed by atoms with van der Waals surface area (Å²) in [7, 11) is 1.48. The second-order valence-corrected chi connectivity index (χ2v) is 9.99. The predicted molar refractivity (Wildman–Crippen MR) is 122 cm³/mol. The first-order valence-corrected chi connectivity index (χ1v) is 11.9. The monoisotopic (exact) mass is 494 g/mol. The minimum Gasteiger partial charge on any atom is -0.395 e. The van der Waals surface area contributed by atoms with Crippen molar-refractivity contribution >= 4 is 29.0 Å². The molecule has 2 aromatic heterocycles. The molecule has 4 rings (SSSR count). The molecule has 33 heavy (non-hydrogen) atoms. The molecule has 10 heteroatoms. The standard InChI is InChI=1S/C23H21F3N2O3S2/c1-13-10-17(30)21(22(31)27(2)7-8-29)16-12-20(19-4-3-9-32-19)33-18-6-5-14(23(24,25)26)11-15(18)28(13)16/h3-6,9-11,20,29H,7-8,12H2,1-2H3. The van der Waals surface area contributed by atoms with Gasteiger partial charge in [-0.15, -0.1) is 23.1 Å². The van der Waals surface area contributed by atoms with Crippen LogP contribution in [0.1, 0.15) is 37.4 Å². The Balaban J connectivity index is 2.02. The molecule has 0 radical (unpaired) electrons. The lowest BCUT2D eigenvalue weighted by Gasteiger charge is -2.23. The molecule has 1 atom stereocenters. The minimum absolute atomic E-state index is 0.0313. The van der Waals surface area contributed by atoms with Crippen molar-refractivity contribution in [3.63, 3.8) is 0 Å². The van der Waals surface area contributed by atoms with Crippen LogP contribution in [-0.4, -0.2) is 40.7 Å². The lowest BCUT2D eigenvalue weighted by molar-refractivity contribution is -0.137. The Morgan fingerprint density at radius 3 is 2.67 bits per heavy atom. The van der Waals surface area contributed by atoms with Gasteiger partial charge in [-0.3, -0.25) is 9.59 Å². The Bertz CT molecular complexity index is 1250. The molecule has 1 unspecified atom stereocenters. The molecule has 0 spiro atoms. The van der Waals surface area contributed by atoms with Crippen molar-refractivity contribution in [3.8, 4) is 5.69 Å². The number of aromatic nitrogens is 1. The molecule has 1 amide bonds. The van der Waals surface area contributed by atoms with Gasteiger partial charge in [0.15, 0.2) is 5.43 Å². The zero-order valence-corrected chi connectivity index (χ0v) is 19.5. The number of nitrogens with zero attached hydrogens (tertiary/aromatic N) is 2. The molecule has 1 aliphatic heterocycles. The molecule has 0 saturated heterocycles. The van der Waals surface area contributed by atoms with Gasteiger partial charge in [0.1, 0.15) is 5.56 Å². The van der Waals surface area contributed by atoms with Crippen LogP contribution in [0.15, 0.2) is 51.5 Å². The highest BCUT2D eigenvalue weighted by Gasteiger charge is 2.34. The van der Waals surface area contributed by atoms with Crippen LogP contribution in [0.25, 0.3) is 5.69 Å². The predicted octanol–water partition coefficient (Wildman–Crippen LogP) is 4.68. The highest BCUT2D eigenvalue weighted by Crippen LogP contribution is 2.46. The number of hydrogen-bond donors (Lipinski definition) is 1. The lowest BCUT2D eigenvalue weighted by atomic mass is 10.0. The Kier molecular flexibility index (Phi) is 6.43. The van der Waals surface area contributed by atoms with Gasteiger partial charge in [-0.2, -0.15) is 13.2 Å². The highest BCUT2D eigenvalue weighted by atomic mass is 32.2. The lowest BCUT2D eigenvalue weighted by Crippen LogP contribution is -2.35. The summed E-state index contributed by atoms with van der Waals surface area (Å²) in [6.45, 7) is 1.41. The molecule has 5 nitrogen and oxygen atoms in total. The fourth-order valence-electron chi connectivity index (χ4n) is 3.97. The Morgan fingerprint density at radius 2 is 2.03 bits per heavy atom. The van der Waals surface area contributed by atoms with E-state index in [9.17, 15) is 27.9 Å². The Hall–Kier alpha value is -2.56. The van der Waals surface area contributed by atoms with Crippen LogP contribution in [0.2, 0.25) is 0 Å². The largest absolute Gasteiger partial charge is 0.416 e. The molecular weight excluding hydrogens is 473 g/mol. The second kappa shape index (κ2) is 9.00. The smallest absolute Gasteiger partial charge is 0.395 e. The summed E-state index contributed by atoms with van der Waals surface area (Å²) in [6.07, 6.45) is -4.25. The van der Waals surface area contributed by atoms with Gasteiger partial charge in [0.2, 0.25) is 0 Å². The van der Waals surface area contributed by atoms with Crippen molar-refractivity contribution in [3.05, 3.63) is 79.4 Å². The number of aliphatic hydroxyl groups excluding tert-OH is 1. The van der Waals surface area contributed by atoms with E-state index < -0.39 is 23.1 Å². The van der Waals surface area contributed by atoms with Gasteiger partial charge < -0.3 is 14.6 Å². The number of thioether (sulfide) groups is 1. The number of carbonyl (C=O) groups is 1. The van der Waals surface area contributed by atoms with Gasteiger partial charge in [0, 0.05) is 52.5 Å². The van der Waals surface area contributed by atoms with Crippen LogP contribution in [0.3, 0.4) is 0 Å². The van der Waals surface area contributed by atoms with Crippen molar-refractivity contribution in [2.45, 2.75) is 29.7 Å². The number of amides is 1. The molecule has 3 heterocycles. The molecule has 1 aromatic carbocycles. The van der Waals surface area contributed by atoms with Gasteiger partial charge in [-0.1, -0.05) is 6.07 Å². The summed E-state index contributed by atoms with van der Waals surface area (Å²) in [5.74, 6) is -0.567. The number of halogens is 3. The van der Waals surface area contributed by atoms with Gasteiger partial charge >= 0.3 is 6.18 Å². The SMILES string of the molecule is Cc1cc(=O)c(C(=O)N(C)CCO)c2n1-c1cc(C(F)(F)F)ccc1SC(c1cccs1)C2. The third-order valence-electron chi connectivity index (χ3n) is 5.53. The molecule has 3 aromatic rings. The average molecular weight is 495 g/mol. The van der Waals surface area contributed by atoms with E-state index in [1.807, 2.05) is 17.5 Å². The van der Waals surface area contributed by atoms with E-state index >= 15 is 0 Å². The quantitative estimate of drug-likeness (QED) is 0.572. The Labute approximate surface area is 196 Å². The number of benzene rings is 1. The van der Waals surface area contributed by atoms with Gasteiger partial charge in [0.25, 0.3) is 5.91 Å². The molecule has 1 N–H and O–H groups in total. The number of alkyl halides is 3. The van der Waals surface area contributed by atoms with Crippen molar-refractivity contribution in [1.82, 2.24) is 9.47 Å². The van der Waals surface area contributed by atoms with E-state index in [2.05, 4.69) is 0 Å². The van der Waals surface area contributed by atoms with E-state index in [4.69, 9.17) is 0 Å². The topological polar surface area (TPSA) is 62.5 Å². The Morgan fingerprint density at radius 1 is 1.27 bits per heavy atom. The van der Waals surface area contributed by atoms with Crippen molar-refractivity contribution in [2.24, 2.45) is 0 Å². The van der Waals surface area contributed by atoms with Crippen molar-refractivity contribution < 1.29 is 23.1 Å². The molecular formula is C23H21F3N2O3S2. The number of rotatable bonds is 4. The summed E-state index contributed by atoms with van der Waals surface area (Å²) >= 11 is 2.94. The third kappa shape index (κ3) is 4.47. The number of aryl methyl sites for hydroxylation is 1. The number of likely N-dealkylation sites (N-methyl/N-ethyl adjacent to an activating group) is 1. The second-order valence-electron chi connectivity index (χ2n) is 7.76. The summed E-state index contributed by atoms with van der Waals surface area (Å²) < 4.78 is 42.3. The fourth-order valence-corrected chi connectivity index (χ4v) is 6.14. The van der Waals surface area contributed by atoms with Crippen LogP contribution in [0.4, 0.5) is 13.2 Å². The maximum Gasteiger partial charge on any atom is 0.416 e. The summed E-state index contributed by atoms with van der Waals surface area (Å²) in [6, 6.07) is 8.70. The third-order valence-corrected chi connectivity index (χ3v) is 7.97. The maximum absolute atomic E-state index is 13.5. The number of thiophene rings is 1. The molecule has 174 valence electrons. The summed E-state index contributed by atoms with van der Waals surface area (Å²) in [5.41, 5.74) is -0.253. The summed E-state index contributed by atoms with van der Waals surface area (Å²) in [5, 5.41) is 11.0. The van der Waals surface area contributed by atoms with Gasteiger partial charge in [-0.25, -0.2) is 0 Å². The maximum atomic E-state index is 13.5. The van der Waals surface area contributed by atoms with Crippen LogP contribution >= 0.6 is 23.1 Å². The first-order valence-electron chi connectivity index (χ1n) is 10.2. The average Bonchev–Trinajstić information content (AvgIpc) is 3.22. The number of hydrogen-bond acceptors (Lipinski definition) is 5. The van der Waals surface area contributed by atoms with Crippen LogP contribution in [0.5, 0.6) is 0 Å². The zero-order valence-electron chi connectivity index (χ0n) is 17.8. The molecule has 0 bridgehead atoms. The van der Waals surface area contributed by atoms with E-state index in [0.29, 0.717) is 22.0 Å². The van der Waals surface area contributed by atoms with Crippen molar-refractivity contribution in [2.75, 3.05) is 20.2 Å². The zero-order chi connectivity index (χ0) is 23.9. The number of aliphatic hydroxyl groups is 1. The van der Waals surface area contributed by atoms with Crippen LogP contribution in [0, 0.1) is 6.92 Å². The number of carbonyl (C=O) groups excluding carboxylic acids is 1. The highest BCUT2D eigenvalue weighted by molar-refractivity contribution is 7.99. The molecule has 0 aliphatic carbocycles. The summed E-state index contributed by atoms with van der Waals surface area (Å²) in [4.78, 5) is 29.1. The van der Waals surface area contributed by atoms with E-state index in [1.165, 1.54) is 47.2 Å². The van der Waals surface area contributed by atoms with Gasteiger partial charge in [0.05, 0.1) is 17.9 Å². The van der Waals surface area contributed by atoms with E-state index in [-0.39, 0.29) is 30.4 Å². The number of pyridine rings is 1. The van der Waals surface area contributed by atoms with E-state index in [1.54, 1.807) is 11.5 Å². The normalized spacial score (nSPS) is 15.5. The first kappa shape index (κ1) is 23.6. The molecule has 1 aliphatic rings.